The number of rotatable bonds is 7. The van der Waals surface area contributed by atoms with Gasteiger partial charge in [0.1, 0.15) is 11.3 Å². The molecule has 148 valence electrons. The maximum absolute atomic E-state index is 12.1. The van der Waals surface area contributed by atoms with Crippen LogP contribution in [0.3, 0.4) is 0 Å². The van der Waals surface area contributed by atoms with Crippen LogP contribution < -0.4 is 10.6 Å². The number of fused-ring (bicyclic) bond motifs is 1. The van der Waals surface area contributed by atoms with E-state index in [0.717, 1.165) is 23.0 Å². The van der Waals surface area contributed by atoms with Crippen LogP contribution in [0.4, 0.5) is 10.5 Å². The number of hydrogen-bond donors (Lipinski definition) is 2. The van der Waals surface area contributed by atoms with E-state index in [1.165, 1.54) is 0 Å². The second-order valence-electron chi connectivity index (χ2n) is 7.26. The molecule has 1 aromatic heterocycles. The summed E-state index contributed by atoms with van der Waals surface area (Å²) in [6.45, 7) is 8.82. The number of aryl methyl sites for hydroxylation is 1. The summed E-state index contributed by atoms with van der Waals surface area (Å²) in [7, 11) is 1.85. The Balaban J connectivity index is 1.95. The first-order chi connectivity index (χ1) is 12.7. The zero-order valence-electron chi connectivity index (χ0n) is 16.7. The van der Waals surface area contributed by atoms with Gasteiger partial charge in [-0.3, -0.25) is 0 Å². The molecule has 0 saturated carbocycles. The number of carbonyl (C=O) groups is 2. The van der Waals surface area contributed by atoms with Crippen LogP contribution in [0.1, 0.15) is 44.6 Å². The van der Waals surface area contributed by atoms with Crippen LogP contribution in [-0.4, -0.2) is 41.9 Å². The number of ether oxygens (including phenoxy) is 2. The quantitative estimate of drug-likeness (QED) is 0.570. The second-order valence-corrected chi connectivity index (χ2v) is 7.26. The molecule has 7 nitrogen and oxygen atoms in total. The minimum absolute atomic E-state index is 0.330. The van der Waals surface area contributed by atoms with Crippen LogP contribution in [0.25, 0.3) is 10.9 Å². The highest BCUT2D eigenvalue weighted by molar-refractivity contribution is 6.00. The van der Waals surface area contributed by atoms with Gasteiger partial charge in [0.05, 0.1) is 17.8 Å². The third kappa shape index (κ3) is 5.64. The smallest absolute Gasteiger partial charge is 0.407 e. The molecule has 2 N–H and O–H groups in total. The molecular formula is C20H29N3O4. The molecular weight excluding hydrogens is 346 g/mol. The first-order valence-electron chi connectivity index (χ1n) is 9.19. The predicted molar refractivity (Wildman–Crippen MR) is 106 cm³/mol. The number of carbonyl (C=O) groups excluding carboxylic acids is 2. The summed E-state index contributed by atoms with van der Waals surface area (Å²) in [5, 5.41) is 7.08. The van der Waals surface area contributed by atoms with Gasteiger partial charge >= 0.3 is 12.1 Å². The summed E-state index contributed by atoms with van der Waals surface area (Å²) >= 11 is 0. The van der Waals surface area contributed by atoms with Crippen molar-refractivity contribution in [3.8, 4) is 0 Å². The van der Waals surface area contributed by atoms with Crippen molar-refractivity contribution in [2.75, 3.05) is 25.0 Å². The summed E-state index contributed by atoms with van der Waals surface area (Å²) in [5.41, 5.74) is 1.90. The summed E-state index contributed by atoms with van der Waals surface area (Å²) in [6.07, 6.45) is 0.330. The number of alkyl carbamates (subject to hydrolysis) is 1. The number of nitrogens with one attached hydrogen (secondary N) is 2. The molecule has 0 spiro atoms. The minimum atomic E-state index is -0.499. The molecule has 1 aromatic carbocycles. The molecule has 0 aliphatic carbocycles. The lowest BCUT2D eigenvalue weighted by Gasteiger charge is -2.19. The Hall–Kier alpha value is -2.70. The number of amides is 1. The molecule has 0 atom stereocenters. The average molecular weight is 375 g/mol. The molecule has 1 heterocycles. The van der Waals surface area contributed by atoms with Gasteiger partial charge in [-0.25, -0.2) is 9.59 Å². The van der Waals surface area contributed by atoms with Gasteiger partial charge < -0.3 is 24.7 Å². The molecule has 2 aromatic rings. The van der Waals surface area contributed by atoms with Crippen molar-refractivity contribution in [2.45, 2.75) is 39.7 Å². The first kappa shape index (κ1) is 20.6. The van der Waals surface area contributed by atoms with Crippen molar-refractivity contribution in [1.29, 1.82) is 0 Å². The maximum atomic E-state index is 12.1. The third-order valence-corrected chi connectivity index (χ3v) is 3.88. The molecule has 7 heteroatoms. The highest BCUT2D eigenvalue weighted by Crippen LogP contribution is 2.26. The van der Waals surface area contributed by atoms with E-state index in [1.807, 2.05) is 56.7 Å². The molecule has 0 unspecified atom stereocenters. The van der Waals surface area contributed by atoms with Gasteiger partial charge in [-0.05, 0) is 46.2 Å². The van der Waals surface area contributed by atoms with Crippen LogP contribution in [0.15, 0.2) is 24.3 Å². The van der Waals surface area contributed by atoms with Crippen LogP contribution >= 0.6 is 0 Å². The van der Waals surface area contributed by atoms with Gasteiger partial charge in [0.2, 0.25) is 0 Å². The minimum Gasteiger partial charge on any atom is -0.461 e. The highest BCUT2D eigenvalue weighted by atomic mass is 16.6. The topological polar surface area (TPSA) is 81.6 Å². The lowest BCUT2D eigenvalue weighted by atomic mass is 10.2. The zero-order valence-corrected chi connectivity index (χ0v) is 16.7. The monoisotopic (exact) mass is 375 g/mol. The lowest BCUT2D eigenvalue weighted by molar-refractivity contribution is 0.0510. The molecule has 0 saturated heterocycles. The highest BCUT2D eigenvalue weighted by Gasteiger charge is 2.17. The molecule has 1 amide bonds. The van der Waals surface area contributed by atoms with Crippen LogP contribution in [0, 0.1) is 0 Å². The second kappa shape index (κ2) is 8.79. The van der Waals surface area contributed by atoms with Crippen molar-refractivity contribution in [1.82, 2.24) is 9.88 Å². The van der Waals surface area contributed by atoms with Crippen LogP contribution in [0.2, 0.25) is 0 Å². The molecule has 0 aliphatic heterocycles. The van der Waals surface area contributed by atoms with Gasteiger partial charge in [-0.15, -0.1) is 0 Å². The van der Waals surface area contributed by atoms with E-state index in [9.17, 15) is 9.59 Å². The third-order valence-electron chi connectivity index (χ3n) is 3.88. The van der Waals surface area contributed by atoms with Gasteiger partial charge in [0.15, 0.2) is 0 Å². The number of esters is 1. The number of nitrogens with zero attached hydrogens (tertiary/aromatic N) is 1. The van der Waals surface area contributed by atoms with E-state index >= 15 is 0 Å². The Bertz CT molecular complexity index is 805. The summed E-state index contributed by atoms with van der Waals surface area (Å²) in [4.78, 5) is 23.7. The van der Waals surface area contributed by atoms with Gasteiger partial charge in [0.25, 0.3) is 0 Å². The van der Waals surface area contributed by atoms with E-state index in [0.29, 0.717) is 25.4 Å². The van der Waals surface area contributed by atoms with E-state index in [1.54, 1.807) is 6.92 Å². The van der Waals surface area contributed by atoms with Crippen molar-refractivity contribution in [3.05, 3.63) is 30.0 Å². The SMILES string of the molecule is CCOC(=O)c1cc2cccc(NCCCNC(=O)OC(C)(C)C)c2n1C. The van der Waals surface area contributed by atoms with E-state index < -0.39 is 11.7 Å². The Morgan fingerprint density at radius 1 is 1.19 bits per heavy atom. The molecule has 27 heavy (non-hydrogen) atoms. The van der Waals surface area contributed by atoms with E-state index in [4.69, 9.17) is 9.47 Å². The number of hydrogen-bond acceptors (Lipinski definition) is 5. The van der Waals surface area contributed by atoms with Crippen molar-refractivity contribution in [3.63, 3.8) is 0 Å². The van der Waals surface area contributed by atoms with Crippen LogP contribution in [-0.2, 0) is 16.5 Å². The molecule has 0 aliphatic rings. The average Bonchev–Trinajstić information content (AvgIpc) is 2.91. The van der Waals surface area contributed by atoms with Crippen molar-refractivity contribution < 1.29 is 19.1 Å². The van der Waals surface area contributed by atoms with Gasteiger partial charge in [-0.1, -0.05) is 12.1 Å². The molecule has 0 bridgehead atoms. The summed E-state index contributed by atoms with van der Waals surface area (Å²) in [5.74, 6) is -0.330. The molecule has 2 rings (SSSR count). The molecule has 0 fully saturated rings. The Morgan fingerprint density at radius 3 is 2.59 bits per heavy atom. The van der Waals surface area contributed by atoms with Crippen LogP contribution in [0.5, 0.6) is 0 Å². The zero-order chi connectivity index (χ0) is 20.0. The van der Waals surface area contributed by atoms with E-state index in [2.05, 4.69) is 10.6 Å². The van der Waals surface area contributed by atoms with Crippen molar-refractivity contribution >= 4 is 28.7 Å². The lowest BCUT2D eigenvalue weighted by Crippen LogP contribution is -2.33. The summed E-state index contributed by atoms with van der Waals surface area (Å²) < 4.78 is 12.2. The molecule has 0 radical (unpaired) electrons. The predicted octanol–water partition coefficient (Wildman–Crippen LogP) is 3.68. The van der Waals surface area contributed by atoms with Gasteiger partial charge in [-0.2, -0.15) is 0 Å². The number of aromatic nitrogens is 1. The fraction of sp³-hybridized carbons (Fsp3) is 0.500. The van der Waals surface area contributed by atoms with E-state index in [-0.39, 0.29) is 5.97 Å². The first-order valence-corrected chi connectivity index (χ1v) is 9.19. The Labute approximate surface area is 160 Å². The Morgan fingerprint density at radius 2 is 1.93 bits per heavy atom. The van der Waals surface area contributed by atoms with Crippen molar-refractivity contribution in [2.24, 2.45) is 7.05 Å². The number of para-hydroxylation sites is 1. The van der Waals surface area contributed by atoms with Gasteiger partial charge in [0, 0.05) is 25.5 Å². The fourth-order valence-electron chi connectivity index (χ4n) is 2.78. The standard InChI is InChI=1S/C20H29N3O4/c1-6-26-18(24)16-13-14-9-7-10-15(17(14)23(16)5)21-11-8-12-22-19(25)27-20(2,3)4/h7,9-10,13,21H,6,8,11-12H2,1-5H3,(H,22,25). The largest absolute Gasteiger partial charge is 0.461 e. The number of anilines is 1. The maximum Gasteiger partial charge on any atom is 0.407 e. The fourth-order valence-corrected chi connectivity index (χ4v) is 2.78. The summed E-state index contributed by atoms with van der Waals surface area (Å²) in [6, 6.07) is 7.72. The number of benzene rings is 1. The Kier molecular flexibility index (Phi) is 6.71. The normalized spacial score (nSPS) is 11.3.